The van der Waals surface area contributed by atoms with E-state index in [0.717, 1.165) is 18.5 Å². The van der Waals surface area contributed by atoms with Gasteiger partial charge in [0.2, 0.25) is 0 Å². The van der Waals surface area contributed by atoms with E-state index in [4.69, 9.17) is 0 Å². The highest BCUT2D eigenvalue weighted by molar-refractivity contribution is 5.41. The summed E-state index contributed by atoms with van der Waals surface area (Å²) in [5, 5.41) is 21.9. The van der Waals surface area contributed by atoms with Gasteiger partial charge < -0.3 is 15.5 Å². The molecule has 2 rings (SSSR count). The summed E-state index contributed by atoms with van der Waals surface area (Å²) in [6.45, 7) is 1.03. The molecule has 1 aliphatic rings. The normalized spacial score (nSPS) is 22.1. The monoisotopic (exact) mass is 193 g/mol. The first-order valence-corrected chi connectivity index (χ1v) is 5.02. The smallest absolute Gasteiger partial charge is 0.157 e. The Bertz CT molecular complexity index is 319. The first-order valence-electron chi connectivity index (χ1n) is 5.02. The maximum Gasteiger partial charge on any atom is 0.157 e. The molecule has 0 aromatic heterocycles. The number of piperidine rings is 1. The molecule has 1 aliphatic heterocycles. The van der Waals surface area contributed by atoms with Crippen LogP contribution in [-0.2, 0) is 0 Å². The van der Waals surface area contributed by atoms with Crippen molar-refractivity contribution in [2.75, 3.05) is 6.54 Å². The van der Waals surface area contributed by atoms with Crippen LogP contribution in [0.5, 0.6) is 11.5 Å². The quantitative estimate of drug-likeness (QED) is 0.597. The van der Waals surface area contributed by atoms with Crippen LogP contribution in [0.1, 0.15) is 30.9 Å². The number of aromatic hydroxyl groups is 2. The van der Waals surface area contributed by atoms with E-state index in [0.29, 0.717) is 6.04 Å². The molecule has 14 heavy (non-hydrogen) atoms. The number of rotatable bonds is 1. The van der Waals surface area contributed by atoms with Crippen LogP contribution in [0.2, 0.25) is 0 Å². The SMILES string of the molecule is Oc1ccc([C@@H]2CCCCN2)cc1O. The van der Waals surface area contributed by atoms with Crippen molar-refractivity contribution in [2.24, 2.45) is 0 Å². The van der Waals surface area contributed by atoms with E-state index in [-0.39, 0.29) is 11.5 Å². The lowest BCUT2D eigenvalue weighted by molar-refractivity contribution is 0.393. The molecule has 1 fully saturated rings. The summed E-state index contributed by atoms with van der Waals surface area (Å²) in [5.41, 5.74) is 1.06. The molecule has 3 N–H and O–H groups in total. The van der Waals surface area contributed by atoms with E-state index >= 15 is 0 Å². The van der Waals surface area contributed by atoms with Crippen LogP contribution >= 0.6 is 0 Å². The van der Waals surface area contributed by atoms with Crippen LogP contribution in [0, 0.1) is 0 Å². The second kappa shape index (κ2) is 3.88. The first kappa shape index (κ1) is 9.34. The maximum atomic E-state index is 9.35. The van der Waals surface area contributed by atoms with E-state index in [9.17, 15) is 10.2 Å². The van der Waals surface area contributed by atoms with Gasteiger partial charge in [-0.2, -0.15) is 0 Å². The van der Waals surface area contributed by atoms with Crippen molar-refractivity contribution in [1.29, 1.82) is 0 Å². The van der Waals surface area contributed by atoms with Gasteiger partial charge in [0, 0.05) is 6.04 Å². The first-order chi connectivity index (χ1) is 6.77. The van der Waals surface area contributed by atoms with Crippen molar-refractivity contribution in [3.05, 3.63) is 23.8 Å². The average molecular weight is 193 g/mol. The fourth-order valence-corrected chi connectivity index (χ4v) is 1.89. The Morgan fingerprint density at radius 2 is 2.00 bits per heavy atom. The molecule has 1 aromatic rings. The Labute approximate surface area is 83.4 Å². The molecule has 1 atom stereocenters. The Hall–Kier alpha value is -1.22. The third kappa shape index (κ3) is 1.82. The largest absolute Gasteiger partial charge is 0.504 e. The van der Waals surface area contributed by atoms with Crippen molar-refractivity contribution in [3.8, 4) is 11.5 Å². The molecule has 76 valence electrons. The predicted molar refractivity (Wildman–Crippen MR) is 54.4 cm³/mol. The molecule has 3 nitrogen and oxygen atoms in total. The minimum Gasteiger partial charge on any atom is -0.504 e. The van der Waals surface area contributed by atoms with Gasteiger partial charge in [0.05, 0.1) is 0 Å². The summed E-state index contributed by atoms with van der Waals surface area (Å²) in [5.74, 6) is -0.0839. The van der Waals surface area contributed by atoms with E-state index in [2.05, 4.69) is 5.32 Å². The van der Waals surface area contributed by atoms with E-state index < -0.39 is 0 Å². The zero-order chi connectivity index (χ0) is 9.97. The number of phenolic OH excluding ortho intramolecular Hbond substituents is 2. The molecule has 0 saturated carbocycles. The molecule has 0 radical (unpaired) electrons. The van der Waals surface area contributed by atoms with Gasteiger partial charge in [0.25, 0.3) is 0 Å². The Morgan fingerprint density at radius 3 is 2.64 bits per heavy atom. The van der Waals surface area contributed by atoms with E-state index in [1.807, 2.05) is 6.07 Å². The minimum atomic E-state index is -0.0513. The van der Waals surface area contributed by atoms with Crippen LogP contribution in [-0.4, -0.2) is 16.8 Å². The van der Waals surface area contributed by atoms with Crippen LogP contribution in [0.3, 0.4) is 0 Å². The summed E-state index contributed by atoms with van der Waals surface area (Å²) >= 11 is 0. The Morgan fingerprint density at radius 1 is 1.14 bits per heavy atom. The zero-order valence-electron chi connectivity index (χ0n) is 8.03. The van der Waals surface area contributed by atoms with Gasteiger partial charge in [0.15, 0.2) is 11.5 Å². The Balaban J connectivity index is 2.18. The van der Waals surface area contributed by atoms with Crippen LogP contribution in [0.15, 0.2) is 18.2 Å². The molecular formula is C11H15NO2. The molecule has 1 aromatic carbocycles. The standard InChI is InChI=1S/C11H15NO2/c13-10-5-4-8(7-11(10)14)9-3-1-2-6-12-9/h4-5,7,9,12-14H,1-3,6H2/t9-/m0/s1. The molecule has 0 aliphatic carbocycles. The lowest BCUT2D eigenvalue weighted by Crippen LogP contribution is -2.26. The molecular weight excluding hydrogens is 178 g/mol. The van der Waals surface area contributed by atoms with Gasteiger partial charge >= 0.3 is 0 Å². The van der Waals surface area contributed by atoms with Crippen LogP contribution < -0.4 is 5.32 Å². The fraction of sp³-hybridized carbons (Fsp3) is 0.455. The van der Waals surface area contributed by atoms with Crippen molar-refractivity contribution in [1.82, 2.24) is 5.32 Å². The van der Waals surface area contributed by atoms with Crippen molar-refractivity contribution in [2.45, 2.75) is 25.3 Å². The summed E-state index contributed by atoms with van der Waals surface area (Å²) in [4.78, 5) is 0. The molecule has 3 heteroatoms. The third-order valence-electron chi connectivity index (χ3n) is 2.71. The highest BCUT2D eigenvalue weighted by Gasteiger charge is 2.15. The summed E-state index contributed by atoms with van der Waals surface area (Å²) < 4.78 is 0. The number of phenols is 2. The summed E-state index contributed by atoms with van der Waals surface area (Å²) in [6.07, 6.45) is 3.55. The topological polar surface area (TPSA) is 52.5 Å². The zero-order valence-corrected chi connectivity index (χ0v) is 8.03. The van der Waals surface area contributed by atoms with Crippen molar-refractivity contribution >= 4 is 0 Å². The van der Waals surface area contributed by atoms with E-state index in [1.54, 1.807) is 12.1 Å². The predicted octanol–water partition coefficient (Wildman–Crippen LogP) is 1.91. The summed E-state index contributed by atoms with van der Waals surface area (Å²) in [6, 6.07) is 5.37. The van der Waals surface area contributed by atoms with Gasteiger partial charge in [-0.3, -0.25) is 0 Å². The number of benzene rings is 1. The molecule has 0 spiro atoms. The van der Waals surface area contributed by atoms with Gasteiger partial charge in [0.1, 0.15) is 0 Å². The lowest BCUT2D eigenvalue weighted by Gasteiger charge is -2.23. The van der Waals surface area contributed by atoms with E-state index in [1.165, 1.54) is 12.8 Å². The average Bonchev–Trinajstić information content (AvgIpc) is 2.23. The second-order valence-electron chi connectivity index (χ2n) is 3.75. The maximum absolute atomic E-state index is 9.35. The molecule has 0 unspecified atom stereocenters. The fourth-order valence-electron chi connectivity index (χ4n) is 1.89. The second-order valence-corrected chi connectivity index (χ2v) is 3.75. The number of hydrogen-bond donors (Lipinski definition) is 3. The van der Waals surface area contributed by atoms with Gasteiger partial charge in [-0.15, -0.1) is 0 Å². The Kier molecular flexibility index (Phi) is 2.59. The van der Waals surface area contributed by atoms with Gasteiger partial charge in [-0.25, -0.2) is 0 Å². The lowest BCUT2D eigenvalue weighted by atomic mass is 9.97. The molecule has 1 saturated heterocycles. The molecule has 1 heterocycles. The van der Waals surface area contributed by atoms with Crippen molar-refractivity contribution < 1.29 is 10.2 Å². The number of hydrogen-bond acceptors (Lipinski definition) is 3. The van der Waals surface area contributed by atoms with Gasteiger partial charge in [-0.05, 0) is 37.1 Å². The van der Waals surface area contributed by atoms with Crippen molar-refractivity contribution in [3.63, 3.8) is 0 Å². The summed E-state index contributed by atoms with van der Waals surface area (Å²) in [7, 11) is 0. The van der Waals surface area contributed by atoms with Gasteiger partial charge in [-0.1, -0.05) is 12.5 Å². The third-order valence-corrected chi connectivity index (χ3v) is 2.71. The molecule has 0 amide bonds. The van der Waals surface area contributed by atoms with Crippen LogP contribution in [0.4, 0.5) is 0 Å². The van der Waals surface area contributed by atoms with Crippen LogP contribution in [0.25, 0.3) is 0 Å². The minimum absolute atomic E-state index is 0.0325. The highest BCUT2D eigenvalue weighted by Crippen LogP contribution is 2.30. The number of nitrogens with one attached hydrogen (secondary N) is 1. The molecule has 0 bridgehead atoms. The highest BCUT2D eigenvalue weighted by atomic mass is 16.3.